The Morgan fingerprint density at radius 3 is 2.86 bits per heavy atom. The summed E-state index contributed by atoms with van der Waals surface area (Å²) in [4.78, 5) is 18.2. The Morgan fingerprint density at radius 2 is 2.14 bits per heavy atom. The maximum absolute atomic E-state index is 12.3. The van der Waals surface area contributed by atoms with E-state index in [-0.39, 0.29) is 5.91 Å². The number of thioether (sulfide) groups is 1. The number of aryl methyl sites for hydroxylation is 1. The first-order valence-corrected chi connectivity index (χ1v) is 8.54. The number of carbonyl (C=O) groups is 1. The zero-order chi connectivity index (χ0) is 15.4. The normalized spacial score (nSPS) is 11.8. The fourth-order valence-electron chi connectivity index (χ4n) is 1.89. The minimum absolute atomic E-state index is 0.317. The third-order valence-corrected chi connectivity index (χ3v) is 4.94. The van der Waals surface area contributed by atoms with Crippen molar-refractivity contribution in [3.8, 4) is 0 Å². The lowest BCUT2D eigenvalue weighted by Crippen LogP contribution is -2.12. The SMILES string of the molecule is Cn1ccsc1=NC(=O)c1occc1CSc1ccccc1. The molecule has 0 bridgehead atoms. The van der Waals surface area contributed by atoms with Crippen molar-refractivity contribution in [1.82, 2.24) is 4.57 Å². The van der Waals surface area contributed by atoms with Crippen molar-refractivity contribution in [1.29, 1.82) is 0 Å². The molecule has 0 atom stereocenters. The predicted molar refractivity (Wildman–Crippen MR) is 87.9 cm³/mol. The van der Waals surface area contributed by atoms with Gasteiger partial charge in [-0.2, -0.15) is 4.99 Å². The molecule has 0 saturated carbocycles. The number of thiazole rings is 1. The lowest BCUT2D eigenvalue weighted by molar-refractivity contribution is 0.0970. The Bertz CT molecular complexity index is 831. The van der Waals surface area contributed by atoms with Crippen LogP contribution in [0.2, 0.25) is 0 Å². The van der Waals surface area contributed by atoms with Crippen molar-refractivity contribution in [2.75, 3.05) is 0 Å². The Balaban J connectivity index is 1.78. The molecule has 0 aliphatic carbocycles. The van der Waals surface area contributed by atoms with Gasteiger partial charge in [-0.05, 0) is 18.2 Å². The molecular weight excluding hydrogens is 316 g/mol. The summed E-state index contributed by atoms with van der Waals surface area (Å²) in [5.41, 5.74) is 0.863. The monoisotopic (exact) mass is 330 g/mol. The largest absolute Gasteiger partial charge is 0.459 e. The number of amides is 1. The van der Waals surface area contributed by atoms with Gasteiger partial charge in [-0.15, -0.1) is 23.1 Å². The second kappa shape index (κ2) is 6.81. The van der Waals surface area contributed by atoms with E-state index in [0.29, 0.717) is 16.3 Å². The van der Waals surface area contributed by atoms with Crippen LogP contribution in [0.15, 0.2) is 68.5 Å². The van der Waals surface area contributed by atoms with E-state index in [1.807, 2.05) is 59.6 Å². The molecule has 6 heteroatoms. The zero-order valence-electron chi connectivity index (χ0n) is 11.9. The average Bonchev–Trinajstić information content (AvgIpc) is 3.16. The first-order valence-electron chi connectivity index (χ1n) is 6.67. The molecule has 0 radical (unpaired) electrons. The molecule has 1 amide bonds. The maximum atomic E-state index is 12.3. The van der Waals surface area contributed by atoms with Gasteiger partial charge in [-0.3, -0.25) is 4.79 Å². The number of hydrogen-bond acceptors (Lipinski definition) is 4. The second-order valence-corrected chi connectivity index (χ2v) is 6.51. The van der Waals surface area contributed by atoms with Gasteiger partial charge < -0.3 is 8.98 Å². The number of furan rings is 1. The van der Waals surface area contributed by atoms with E-state index in [1.165, 1.54) is 17.6 Å². The summed E-state index contributed by atoms with van der Waals surface area (Å²) in [6, 6.07) is 11.9. The first-order chi connectivity index (χ1) is 10.7. The Morgan fingerprint density at radius 1 is 1.32 bits per heavy atom. The van der Waals surface area contributed by atoms with Crippen LogP contribution in [-0.4, -0.2) is 10.5 Å². The van der Waals surface area contributed by atoms with E-state index in [9.17, 15) is 4.79 Å². The van der Waals surface area contributed by atoms with Gasteiger partial charge in [0.2, 0.25) is 0 Å². The Kier molecular flexibility index (Phi) is 4.60. The highest BCUT2D eigenvalue weighted by Gasteiger charge is 2.15. The molecule has 0 N–H and O–H groups in total. The predicted octanol–water partition coefficient (Wildman–Crippen LogP) is 3.71. The topological polar surface area (TPSA) is 47.5 Å². The van der Waals surface area contributed by atoms with Gasteiger partial charge in [-0.1, -0.05) is 18.2 Å². The summed E-state index contributed by atoms with van der Waals surface area (Å²) in [7, 11) is 1.86. The third kappa shape index (κ3) is 3.40. The smallest absolute Gasteiger partial charge is 0.315 e. The van der Waals surface area contributed by atoms with Crippen LogP contribution in [0.5, 0.6) is 0 Å². The van der Waals surface area contributed by atoms with Gasteiger partial charge in [-0.25, -0.2) is 0 Å². The highest BCUT2D eigenvalue weighted by Crippen LogP contribution is 2.25. The number of nitrogens with zero attached hydrogens (tertiary/aromatic N) is 2. The van der Waals surface area contributed by atoms with Gasteiger partial charge in [0.05, 0.1) is 6.26 Å². The van der Waals surface area contributed by atoms with Gasteiger partial charge in [0.1, 0.15) is 0 Å². The van der Waals surface area contributed by atoms with Crippen molar-refractivity contribution in [3.63, 3.8) is 0 Å². The minimum Gasteiger partial charge on any atom is -0.459 e. The van der Waals surface area contributed by atoms with Crippen molar-refractivity contribution in [2.45, 2.75) is 10.6 Å². The number of benzene rings is 1. The molecule has 4 nitrogen and oxygen atoms in total. The van der Waals surface area contributed by atoms with Crippen LogP contribution < -0.4 is 4.80 Å². The van der Waals surface area contributed by atoms with Gasteiger partial charge >= 0.3 is 5.91 Å². The van der Waals surface area contributed by atoms with Crippen molar-refractivity contribution in [2.24, 2.45) is 12.0 Å². The lowest BCUT2D eigenvalue weighted by atomic mass is 10.3. The molecule has 0 saturated heterocycles. The lowest BCUT2D eigenvalue weighted by Gasteiger charge is -2.00. The van der Waals surface area contributed by atoms with Crippen LogP contribution in [0, 0.1) is 0 Å². The standard InChI is InChI=1S/C16H14N2O2S2/c1-18-8-10-21-16(18)17-15(19)14-12(7-9-20-14)11-22-13-5-3-2-4-6-13/h2-10H,11H2,1H3. The first kappa shape index (κ1) is 14.9. The third-order valence-electron chi connectivity index (χ3n) is 3.04. The minimum atomic E-state index is -0.341. The maximum Gasteiger partial charge on any atom is 0.315 e. The number of rotatable bonds is 4. The highest BCUT2D eigenvalue weighted by molar-refractivity contribution is 7.98. The highest BCUT2D eigenvalue weighted by atomic mass is 32.2. The Labute approximate surface area is 136 Å². The van der Waals surface area contributed by atoms with Gasteiger partial charge in [0, 0.05) is 34.8 Å². The molecule has 3 aromatic rings. The van der Waals surface area contributed by atoms with E-state index in [4.69, 9.17) is 4.42 Å². The van der Waals surface area contributed by atoms with Crippen molar-refractivity contribution in [3.05, 3.63) is 70.4 Å². The molecule has 22 heavy (non-hydrogen) atoms. The van der Waals surface area contributed by atoms with Crippen molar-refractivity contribution >= 4 is 29.0 Å². The van der Waals surface area contributed by atoms with E-state index in [2.05, 4.69) is 4.99 Å². The summed E-state index contributed by atoms with van der Waals surface area (Å²) >= 11 is 3.08. The summed E-state index contributed by atoms with van der Waals surface area (Å²) in [6.45, 7) is 0. The Hall–Kier alpha value is -2.05. The van der Waals surface area contributed by atoms with Crippen LogP contribution in [0.3, 0.4) is 0 Å². The van der Waals surface area contributed by atoms with E-state index in [1.54, 1.807) is 11.8 Å². The number of aromatic nitrogens is 1. The molecule has 0 aliphatic heterocycles. The van der Waals surface area contributed by atoms with Crippen LogP contribution in [0.25, 0.3) is 0 Å². The van der Waals surface area contributed by atoms with E-state index < -0.39 is 0 Å². The molecule has 0 fully saturated rings. The van der Waals surface area contributed by atoms with Gasteiger partial charge in [0.15, 0.2) is 10.6 Å². The van der Waals surface area contributed by atoms with E-state index in [0.717, 1.165) is 10.5 Å². The summed E-state index contributed by atoms with van der Waals surface area (Å²) in [6.07, 6.45) is 3.41. The molecule has 2 aromatic heterocycles. The van der Waals surface area contributed by atoms with Crippen LogP contribution >= 0.6 is 23.1 Å². The van der Waals surface area contributed by atoms with Crippen LogP contribution in [0.4, 0.5) is 0 Å². The van der Waals surface area contributed by atoms with Gasteiger partial charge in [0.25, 0.3) is 0 Å². The zero-order valence-corrected chi connectivity index (χ0v) is 13.6. The summed E-state index contributed by atoms with van der Waals surface area (Å²) < 4.78 is 7.15. The average molecular weight is 330 g/mol. The molecule has 2 heterocycles. The van der Waals surface area contributed by atoms with E-state index >= 15 is 0 Å². The van der Waals surface area contributed by atoms with Crippen LogP contribution in [0.1, 0.15) is 16.1 Å². The molecule has 3 rings (SSSR count). The quantitative estimate of drug-likeness (QED) is 0.685. The van der Waals surface area contributed by atoms with Crippen LogP contribution in [-0.2, 0) is 12.8 Å². The number of hydrogen-bond donors (Lipinski definition) is 0. The molecule has 112 valence electrons. The fraction of sp³-hybridized carbons (Fsp3) is 0.125. The molecule has 0 spiro atoms. The number of carbonyl (C=O) groups excluding carboxylic acids is 1. The summed E-state index contributed by atoms with van der Waals surface area (Å²) in [5, 5.41) is 1.89. The molecule has 1 aromatic carbocycles. The molecular formula is C16H14N2O2S2. The molecule has 0 aliphatic rings. The molecule has 0 unspecified atom stereocenters. The van der Waals surface area contributed by atoms with Crippen molar-refractivity contribution < 1.29 is 9.21 Å². The summed E-state index contributed by atoms with van der Waals surface area (Å²) in [5.74, 6) is 0.650. The second-order valence-electron chi connectivity index (χ2n) is 4.59. The fourth-order valence-corrected chi connectivity index (χ4v) is 3.51.